The van der Waals surface area contributed by atoms with Gasteiger partial charge in [-0.25, -0.2) is 0 Å². The van der Waals surface area contributed by atoms with Crippen LogP contribution in [0.1, 0.15) is 12.5 Å². The van der Waals surface area contributed by atoms with Crippen LogP contribution in [0.2, 0.25) is 0 Å². The summed E-state index contributed by atoms with van der Waals surface area (Å²) in [6.07, 6.45) is 1.01. The highest BCUT2D eigenvalue weighted by Crippen LogP contribution is 2.26. The molecule has 4 nitrogen and oxygen atoms in total. The van der Waals surface area contributed by atoms with Gasteiger partial charge in [-0.1, -0.05) is 6.07 Å². The Kier molecular flexibility index (Phi) is 5.84. The average Bonchev–Trinajstić information content (AvgIpc) is 2.37. The topological polar surface area (TPSA) is 47.7 Å². The molecule has 1 heterocycles. The molecule has 1 fully saturated rings. The zero-order valence-corrected chi connectivity index (χ0v) is 13.7. The quantitative estimate of drug-likeness (QED) is 0.889. The average molecular weight is 343 g/mol. The third kappa shape index (κ3) is 4.74. The molecule has 0 saturated carbocycles. The van der Waals surface area contributed by atoms with Crippen LogP contribution in [-0.2, 0) is 11.2 Å². The van der Waals surface area contributed by atoms with E-state index in [2.05, 4.69) is 40.0 Å². The summed E-state index contributed by atoms with van der Waals surface area (Å²) in [6.45, 7) is 5.27. The summed E-state index contributed by atoms with van der Waals surface area (Å²) in [4.78, 5) is 2.26. The van der Waals surface area contributed by atoms with E-state index in [4.69, 9.17) is 15.2 Å². The van der Waals surface area contributed by atoms with E-state index in [1.807, 2.05) is 13.0 Å². The second-order valence-corrected chi connectivity index (χ2v) is 6.37. The van der Waals surface area contributed by atoms with Gasteiger partial charge in [-0.2, -0.15) is 0 Å². The molecule has 2 unspecified atom stereocenters. The Balaban J connectivity index is 1.89. The van der Waals surface area contributed by atoms with Crippen molar-refractivity contribution in [3.63, 3.8) is 0 Å². The molecule has 2 atom stereocenters. The van der Waals surface area contributed by atoms with Crippen LogP contribution in [0.5, 0.6) is 5.75 Å². The van der Waals surface area contributed by atoms with Crippen LogP contribution in [-0.4, -0.2) is 50.4 Å². The summed E-state index contributed by atoms with van der Waals surface area (Å²) in [5, 5.41) is 0. The lowest BCUT2D eigenvalue weighted by molar-refractivity contribution is -0.0404. The number of halogens is 1. The highest BCUT2D eigenvalue weighted by atomic mass is 79.9. The van der Waals surface area contributed by atoms with E-state index in [1.165, 1.54) is 5.56 Å². The first-order chi connectivity index (χ1) is 9.54. The summed E-state index contributed by atoms with van der Waals surface area (Å²) in [7, 11) is 2.11. The van der Waals surface area contributed by atoms with Gasteiger partial charge in [0.1, 0.15) is 18.5 Å². The largest absolute Gasteiger partial charge is 0.490 e. The number of likely N-dealkylation sites (N-methyl/N-ethyl adjacent to an activating group) is 1. The second-order valence-electron chi connectivity index (χ2n) is 5.51. The predicted molar refractivity (Wildman–Crippen MR) is 84.2 cm³/mol. The summed E-state index contributed by atoms with van der Waals surface area (Å²) < 4.78 is 12.5. The SMILES string of the molecule is CC(N)Cc1ccc(OCC2CN(C)CCO2)c(Br)c1. The van der Waals surface area contributed by atoms with Crippen LogP contribution >= 0.6 is 15.9 Å². The van der Waals surface area contributed by atoms with Crippen LogP contribution in [0, 0.1) is 0 Å². The number of hydrogen-bond donors (Lipinski definition) is 1. The molecule has 1 saturated heterocycles. The molecule has 2 rings (SSSR count). The molecule has 0 bridgehead atoms. The predicted octanol–water partition coefficient (Wildman–Crippen LogP) is 2.05. The lowest BCUT2D eigenvalue weighted by atomic mass is 10.1. The van der Waals surface area contributed by atoms with E-state index >= 15 is 0 Å². The Morgan fingerprint density at radius 3 is 3.00 bits per heavy atom. The molecule has 0 radical (unpaired) electrons. The van der Waals surface area contributed by atoms with Crippen molar-refractivity contribution in [2.75, 3.05) is 33.4 Å². The number of ether oxygens (including phenoxy) is 2. The minimum absolute atomic E-state index is 0.143. The standard InChI is InChI=1S/C15H23BrN2O2/c1-11(17)7-12-3-4-15(14(16)8-12)20-10-13-9-18(2)5-6-19-13/h3-4,8,11,13H,5-7,9-10,17H2,1-2H3. The van der Waals surface area contributed by atoms with Crippen molar-refractivity contribution in [3.8, 4) is 5.75 Å². The zero-order chi connectivity index (χ0) is 14.5. The van der Waals surface area contributed by atoms with Gasteiger partial charge in [-0.05, 0) is 54.0 Å². The van der Waals surface area contributed by atoms with Gasteiger partial charge < -0.3 is 20.1 Å². The summed E-state index contributed by atoms with van der Waals surface area (Å²) in [5.74, 6) is 0.857. The third-order valence-corrected chi connectivity index (χ3v) is 3.94. The van der Waals surface area contributed by atoms with E-state index in [1.54, 1.807) is 0 Å². The minimum atomic E-state index is 0.143. The first-order valence-electron chi connectivity index (χ1n) is 7.01. The van der Waals surface area contributed by atoms with Gasteiger partial charge in [0.2, 0.25) is 0 Å². The Bertz CT molecular complexity index is 440. The highest BCUT2D eigenvalue weighted by molar-refractivity contribution is 9.10. The zero-order valence-electron chi connectivity index (χ0n) is 12.1. The maximum atomic E-state index is 5.85. The Morgan fingerprint density at radius 1 is 1.55 bits per heavy atom. The first kappa shape index (κ1) is 15.8. The lowest BCUT2D eigenvalue weighted by Gasteiger charge is -2.29. The molecular formula is C15H23BrN2O2. The van der Waals surface area contributed by atoms with Crippen molar-refractivity contribution >= 4 is 15.9 Å². The van der Waals surface area contributed by atoms with Crippen molar-refractivity contribution in [1.29, 1.82) is 0 Å². The normalized spacial score (nSPS) is 21.7. The van der Waals surface area contributed by atoms with E-state index in [9.17, 15) is 0 Å². The maximum absolute atomic E-state index is 5.85. The fraction of sp³-hybridized carbons (Fsp3) is 0.600. The summed E-state index contributed by atoms with van der Waals surface area (Å²) in [6, 6.07) is 6.30. The number of benzene rings is 1. The monoisotopic (exact) mass is 342 g/mol. The molecule has 112 valence electrons. The highest BCUT2D eigenvalue weighted by Gasteiger charge is 2.18. The molecule has 1 aromatic carbocycles. The number of nitrogens with two attached hydrogens (primary N) is 1. The first-order valence-corrected chi connectivity index (χ1v) is 7.81. The fourth-order valence-electron chi connectivity index (χ4n) is 2.31. The summed E-state index contributed by atoms with van der Waals surface area (Å²) in [5.41, 5.74) is 7.03. The molecule has 1 aliphatic rings. The molecule has 0 aromatic heterocycles. The van der Waals surface area contributed by atoms with Gasteiger partial charge in [0, 0.05) is 19.1 Å². The maximum Gasteiger partial charge on any atom is 0.133 e. The molecule has 0 amide bonds. The second kappa shape index (κ2) is 7.41. The van der Waals surface area contributed by atoms with E-state index in [-0.39, 0.29) is 12.1 Å². The van der Waals surface area contributed by atoms with E-state index < -0.39 is 0 Å². The van der Waals surface area contributed by atoms with Crippen LogP contribution < -0.4 is 10.5 Å². The van der Waals surface area contributed by atoms with Crippen molar-refractivity contribution in [2.45, 2.75) is 25.5 Å². The van der Waals surface area contributed by atoms with E-state index in [0.717, 1.165) is 36.3 Å². The number of nitrogens with zero attached hydrogens (tertiary/aromatic N) is 1. The Hall–Kier alpha value is -0.620. The van der Waals surface area contributed by atoms with Crippen LogP contribution in [0.15, 0.2) is 22.7 Å². The van der Waals surface area contributed by atoms with Gasteiger partial charge in [0.05, 0.1) is 11.1 Å². The van der Waals surface area contributed by atoms with Crippen molar-refractivity contribution in [2.24, 2.45) is 5.73 Å². The van der Waals surface area contributed by atoms with Crippen LogP contribution in [0.25, 0.3) is 0 Å². The minimum Gasteiger partial charge on any atom is -0.490 e. The molecule has 20 heavy (non-hydrogen) atoms. The molecule has 0 spiro atoms. The summed E-state index contributed by atoms with van der Waals surface area (Å²) >= 11 is 3.56. The molecular weight excluding hydrogens is 320 g/mol. The van der Waals surface area contributed by atoms with Crippen molar-refractivity contribution < 1.29 is 9.47 Å². The van der Waals surface area contributed by atoms with Crippen molar-refractivity contribution in [1.82, 2.24) is 4.90 Å². The Morgan fingerprint density at radius 2 is 2.35 bits per heavy atom. The number of morpholine rings is 1. The van der Waals surface area contributed by atoms with Gasteiger partial charge in [0.25, 0.3) is 0 Å². The van der Waals surface area contributed by atoms with E-state index in [0.29, 0.717) is 6.61 Å². The number of hydrogen-bond acceptors (Lipinski definition) is 4. The molecule has 5 heteroatoms. The van der Waals surface area contributed by atoms with Crippen LogP contribution in [0.3, 0.4) is 0 Å². The lowest BCUT2D eigenvalue weighted by Crippen LogP contribution is -2.42. The molecule has 0 aliphatic carbocycles. The van der Waals surface area contributed by atoms with Gasteiger partial charge in [-0.3, -0.25) is 0 Å². The van der Waals surface area contributed by atoms with Gasteiger partial charge >= 0.3 is 0 Å². The fourth-order valence-corrected chi connectivity index (χ4v) is 2.85. The molecule has 1 aliphatic heterocycles. The van der Waals surface area contributed by atoms with Gasteiger partial charge in [-0.15, -0.1) is 0 Å². The smallest absolute Gasteiger partial charge is 0.133 e. The molecule has 1 aromatic rings. The third-order valence-electron chi connectivity index (χ3n) is 3.32. The number of rotatable bonds is 5. The van der Waals surface area contributed by atoms with Crippen molar-refractivity contribution in [3.05, 3.63) is 28.2 Å². The Labute approximate surface area is 129 Å². The van der Waals surface area contributed by atoms with Gasteiger partial charge in [0.15, 0.2) is 0 Å². The van der Waals surface area contributed by atoms with Crippen LogP contribution in [0.4, 0.5) is 0 Å². The molecule has 2 N–H and O–H groups in total.